The Hall–Kier alpha value is -1.35. The Morgan fingerprint density at radius 1 is 1.07 bits per heavy atom. The van der Waals surface area contributed by atoms with Gasteiger partial charge in [0.25, 0.3) is 5.91 Å². The maximum atomic E-state index is 12.6. The number of carbonyl (C=O) groups excluding carboxylic acids is 1. The molecule has 2 aliphatic rings. The van der Waals surface area contributed by atoms with E-state index in [2.05, 4.69) is 22.1 Å². The Morgan fingerprint density at radius 2 is 1.72 bits per heavy atom. The number of halogens is 1. The number of amides is 1. The average Bonchev–Trinajstić information content (AvgIpc) is 2.76. The molecule has 0 saturated carbocycles. The first-order chi connectivity index (χ1) is 13.7. The minimum atomic E-state index is 0. The maximum absolute atomic E-state index is 12.6. The van der Waals surface area contributed by atoms with Crippen molar-refractivity contribution >= 4 is 35.8 Å². The Balaban J connectivity index is 0.00000300. The van der Waals surface area contributed by atoms with E-state index in [9.17, 15) is 4.79 Å². The van der Waals surface area contributed by atoms with E-state index in [1.54, 1.807) is 0 Å². The first-order valence-corrected chi connectivity index (χ1v) is 10.7. The second-order valence-corrected chi connectivity index (χ2v) is 7.59. The molecular formula is C22H35IN4O2. The lowest BCUT2D eigenvalue weighted by atomic mass is 10.1. The number of nitrogens with zero attached hydrogens (tertiary/aromatic N) is 3. The van der Waals surface area contributed by atoms with Gasteiger partial charge in [0.1, 0.15) is 0 Å². The average molecular weight is 514 g/mol. The molecule has 0 aromatic heterocycles. The summed E-state index contributed by atoms with van der Waals surface area (Å²) in [6, 6.07) is 7.98. The predicted octanol–water partition coefficient (Wildman–Crippen LogP) is 3.51. The van der Waals surface area contributed by atoms with Gasteiger partial charge in [-0.15, -0.1) is 24.0 Å². The Morgan fingerprint density at radius 3 is 2.31 bits per heavy atom. The van der Waals surface area contributed by atoms with Gasteiger partial charge in [-0.05, 0) is 56.7 Å². The number of hydrogen-bond acceptors (Lipinski definition) is 3. The van der Waals surface area contributed by atoms with E-state index < -0.39 is 0 Å². The van der Waals surface area contributed by atoms with E-state index in [0.717, 1.165) is 75.6 Å². The first kappa shape index (κ1) is 23.9. The van der Waals surface area contributed by atoms with Crippen molar-refractivity contribution in [1.29, 1.82) is 0 Å². The largest absolute Gasteiger partial charge is 0.378 e. The fraction of sp³-hybridized carbons (Fsp3) is 0.636. The number of rotatable bonds is 5. The first-order valence-electron chi connectivity index (χ1n) is 10.7. The summed E-state index contributed by atoms with van der Waals surface area (Å²) >= 11 is 0. The minimum absolute atomic E-state index is 0. The number of ether oxygens (including phenoxy) is 1. The highest BCUT2D eigenvalue weighted by molar-refractivity contribution is 14.0. The summed E-state index contributed by atoms with van der Waals surface area (Å²) in [5, 5.41) is 3.45. The second-order valence-electron chi connectivity index (χ2n) is 7.59. The van der Waals surface area contributed by atoms with Crippen LogP contribution in [0.3, 0.4) is 0 Å². The lowest BCUT2D eigenvalue weighted by Crippen LogP contribution is -2.46. The molecular weight excluding hydrogens is 479 g/mol. The molecule has 3 rings (SSSR count). The van der Waals surface area contributed by atoms with E-state index in [0.29, 0.717) is 12.6 Å². The molecule has 0 atom stereocenters. The van der Waals surface area contributed by atoms with E-state index in [-0.39, 0.29) is 29.9 Å². The van der Waals surface area contributed by atoms with Crippen LogP contribution in [-0.2, 0) is 11.3 Å². The Bertz CT molecular complexity index is 651. The van der Waals surface area contributed by atoms with Gasteiger partial charge in [-0.1, -0.05) is 12.1 Å². The fourth-order valence-electron chi connectivity index (χ4n) is 4.03. The van der Waals surface area contributed by atoms with Crippen molar-refractivity contribution in [1.82, 2.24) is 15.1 Å². The highest BCUT2D eigenvalue weighted by atomic mass is 127. The van der Waals surface area contributed by atoms with Gasteiger partial charge < -0.3 is 19.9 Å². The van der Waals surface area contributed by atoms with E-state index >= 15 is 0 Å². The third-order valence-corrected chi connectivity index (χ3v) is 5.65. The molecule has 0 spiro atoms. The number of piperidine rings is 2. The molecule has 0 aliphatic carbocycles. The molecule has 1 amide bonds. The van der Waals surface area contributed by atoms with Crippen LogP contribution >= 0.6 is 24.0 Å². The van der Waals surface area contributed by atoms with Crippen molar-refractivity contribution in [3.8, 4) is 0 Å². The van der Waals surface area contributed by atoms with Crippen LogP contribution in [-0.4, -0.2) is 67.6 Å². The molecule has 1 N–H and O–H groups in total. The smallest absolute Gasteiger partial charge is 0.253 e. The zero-order chi connectivity index (χ0) is 19.8. The van der Waals surface area contributed by atoms with Gasteiger partial charge in [0, 0.05) is 51.9 Å². The van der Waals surface area contributed by atoms with E-state index in [4.69, 9.17) is 4.74 Å². The number of hydrogen-bond donors (Lipinski definition) is 1. The molecule has 29 heavy (non-hydrogen) atoms. The SMILES string of the molecule is CCOC1CCN(C(=NC)NCc2ccc(C(=O)N3CCCCC3)cc2)CC1.I. The zero-order valence-corrected chi connectivity index (χ0v) is 20.1. The highest BCUT2D eigenvalue weighted by Gasteiger charge is 2.21. The van der Waals surface area contributed by atoms with Crippen molar-refractivity contribution in [2.75, 3.05) is 39.8 Å². The monoisotopic (exact) mass is 514 g/mol. The third-order valence-electron chi connectivity index (χ3n) is 5.65. The summed E-state index contributed by atoms with van der Waals surface area (Å²) in [6.07, 6.45) is 5.94. The van der Waals surface area contributed by atoms with Crippen molar-refractivity contribution in [3.05, 3.63) is 35.4 Å². The predicted molar refractivity (Wildman–Crippen MR) is 128 cm³/mol. The van der Waals surface area contributed by atoms with Crippen LogP contribution in [0.4, 0.5) is 0 Å². The molecule has 2 aliphatic heterocycles. The quantitative estimate of drug-likeness (QED) is 0.371. The Kier molecular flexibility index (Phi) is 10.2. The molecule has 0 radical (unpaired) electrons. The van der Waals surface area contributed by atoms with E-state index in [1.807, 2.05) is 36.2 Å². The van der Waals surface area contributed by atoms with Crippen molar-refractivity contribution in [2.24, 2.45) is 4.99 Å². The van der Waals surface area contributed by atoms with Gasteiger partial charge in [0.2, 0.25) is 0 Å². The van der Waals surface area contributed by atoms with Crippen molar-refractivity contribution < 1.29 is 9.53 Å². The third kappa shape index (κ3) is 6.84. The summed E-state index contributed by atoms with van der Waals surface area (Å²) in [4.78, 5) is 21.3. The summed E-state index contributed by atoms with van der Waals surface area (Å²) in [6.45, 7) is 7.25. The molecule has 1 aromatic rings. The summed E-state index contributed by atoms with van der Waals surface area (Å²) in [5.41, 5.74) is 1.94. The van der Waals surface area contributed by atoms with Crippen LogP contribution in [0.2, 0.25) is 0 Å². The molecule has 0 unspecified atom stereocenters. The molecule has 7 heteroatoms. The van der Waals surface area contributed by atoms with Crippen molar-refractivity contribution in [3.63, 3.8) is 0 Å². The summed E-state index contributed by atoms with van der Waals surface area (Å²) < 4.78 is 5.73. The molecule has 162 valence electrons. The topological polar surface area (TPSA) is 57.2 Å². The number of carbonyl (C=O) groups is 1. The summed E-state index contributed by atoms with van der Waals surface area (Å²) in [5.74, 6) is 1.09. The van der Waals surface area contributed by atoms with Crippen LogP contribution in [0, 0.1) is 0 Å². The lowest BCUT2D eigenvalue weighted by Gasteiger charge is -2.34. The Labute approximate surface area is 192 Å². The normalized spacial score (nSPS) is 18.3. The molecule has 2 fully saturated rings. The highest BCUT2D eigenvalue weighted by Crippen LogP contribution is 2.15. The maximum Gasteiger partial charge on any atom is 0.253 e. The van der Waals surface area contributed by atoms with Crippen LogP contribution in [0.1, 0.15) is 54.9 Å². The standard InChI is InChI=1S/C22H34N4O2.HI/c1-3-28-20-11-15-26(16-12-20)22(23-2)24-17-18-7-9-19(10-8-18)21(27)25-13-5-4-6-14-25;/h7-10,20H,3-6,11-17H2,1-2H3,(H,23,24);1H. The van der Waals surface area contributed by atoms with Gasteiger partial charge in [0.15, 0.2) is 5.96 Å². The van der Waals surface area contributed by atoms with Crippen LogP contribution < -0.4 is 5.32 Å². The zero-order valence-electron chi connectivity index (χ0n) is 17.7. The number of nitrogens with one attached hydrogen (secondary N) is 1. The van der Waals surface area contributed by atoms with Gasteiger partial charge in [-0.2, -0.15) is 0 Å². The molecule has 0 bridgehead atoms. The molecule has 2 heterocycles. The summed E-state index contributed by atoms with van der Waals surface area (Å²) in [7, 11) is 1.83. The van der Waals surface area contributed by atoms with Gasteiger partial charge in [0.05, 0.1) is 6.10 Å². The number of aliphatic imine (C=N–C) groups is 1. The van der Waals surface area contributed by atoms with E-state index in [1.165, 1.54) is 6.42 Å². The molecule has 6 nitrogen and oxygen atoms in total. The van der Waals surface area contributed by atoms with Crippen molar-refractivity contribution in [2.45, 2.75) is 51.7 Å². The molecule has 1 aromatic carbocycles. The van der Waals surface area contributed by atoms with Crippen LogP contribution in [0.25, 0.3) is 0 Å². The van der Waals surface area contributed by atoms with Crippen LogP contribution in [0.15, 0.2) is 29.3 Å². The fourth-order valence-corrected chi connectivity index (χ4v) is 4.03. The second kappa shape index (κ2) is 12.4. The van der Waals surface area contributed by atoms with Gasteiger partial charge in [-0.25, -0.2) is 0 Å². The minimum Gasteiger partial charge on any atom is -0.378 e. The van der Waals surface area contributed by atoms with Crippen LogP contribution in [0.5, 0.6) is 0 Å². The lowest BCUT2D eigenvalue weighted by molar-refractivity contribution is 0.0263. The number of likely N-dealkylation sites (tertiary alicyclic amines) is 2. The number of guanidine groups is 1. The van der Waals surface area contributed by atoms with Gasteiger partial charge >= 0.3 is 0 Å². The number of benzene rings is 1. The van der Waals surface area contributed by atoms with Gasteiger partial charge in [-0.3, -0.25) is 9.79 Å². The molecule has 2 saturated heterocycles.